The Morgan fingerprint density at radius 1 is 1.21 bits per heavy atom. The smallest absolute Gasteiger partial charge is 0.196 e. The lowest BCUT2D eigenvalue weighted by Gasteiger charge is -2.08. The third-order valence-corrected chi connectivity index (χ3v) is 3.38. The van der Waals surface area contributed by atoms with Gasteiger partial charge in [0.05, 0.1) is 5.69 Å². The summed E-state index contributed by atoms with van der Waals surface area (Å²) < 4.78 is 0. The lowest BCUT2D eigenvalue weighted by atomic mass is 10.1. The number of nitrogen functional groups attached to an aromatic ring is 2. The summed E-state index contributed by atoms with van der Waals surface area (Å²) in [4.78, 5) is 13.4. The average Bonchev–Trinajstić information content (AvgIpc) is 2.37. The topological polar surface area (TPSA) is 117 Å². The van der Waals surface area contributed by atoms with Crippen LogP contribution in [0.5, 0.6) is 0 Å². The van der Waals surface area contributed by atoms with Crippen LogP contribution in [0.15, 0.2) is 34.4 Å². The Bertz CT molecular complexity index is 536. The van der Waals surface area contributed by atoms with Gasteiger partial charge in [0, 0.05) is 23.2 Å². The number of hydrogen-bond donors (Lipinski definition) is 3. The molecule has 0 spiro atoms. The van der Waals surface area contributed by atoms with Crippen molar-refractivity contribution in [2.45, 2.75) is 29.4 Å². The van der Waals surface area contributed by atoms with Gasteiger partial charge in [-0.05, 0) is 30.3 Å². The molecule has 0 saturated carbocycles. The highest BCUT2D eigenvalue weighted by molar-refractivity contribution is 7.99. The Morgan fingerprint density at radius 2 is 1.89 bits per heavy atom. The van der Waals surface area contributed by atoms with Gasteiger partial charge in [-0.25, -0.2) is 9.97 Å². The summed E-state index contributed by atoms with van der Waals surface area (Å²) in [5.74, 6) is 0.708. The van der Waals surface area contributed by atoms with Crippen molar-refractivity contribution in [2.24, 2.45) is 5.73 Å². The van der Waals surface area contributed by atoms with E-state index in [0.717, 1.165) is 17.0 Å². The van der Waals surface area contributed by atoms with Crippen LogP contribution in [0.4, 0.5) is 11.6 Å². The predicted octanol–water partition coefficient (Wildman–Crippen LogP) is 1.60. The van der Waals surface area contributed by atoms with Crippen LogP contribution < -0.4 is 17.2 Å². The zero-order valence-corrected chi connectivity index (χ0v) is 11.4. The molecular weight excluding hydrogens is 260 g/mol. The first-order valence-electron chi connectivity index (χ1n) is 5.88. The molecule has 2 rings (SSSR count). The van der Waals surface area contributed by atoms with Gasteiger partial charge in [-0.2, -0.15) is 0 Å². The summed E-state index contributed by atoms with van der Waals surface area (Å²) >= 11 is 1.36. The molecule has 0 aliphatic carbocycles. The second kappa shape index (κ2) is 5.85. The molecule has 2 heterocycles. The largest absolute Gasteiger partial charge is 0.383 e. The van der Waals surface area contributed by atoms with Crippen molar-refractivity contribution in [3.05, 3.63) is 30.1 Å². The number of pyridine rings is 1. The summed E-state index contributed by atoms with van der Waals surface area (Å²) in [5.41, 5.74) is 18.0. The quantitative estimate of drug-likeness (QED) is 0.726. The number of aromatic nitrogens is 3. The highest BCUT2D eigenvalue weighted by atomic mass is 32.2. The van der Waals surface area contributed by atoms with Crippen LogP contribution >= 0.6 is 11.8 Å². The normalized spacial score (nSPS) is 12.3. The molecule has 2 aromatic heterocycles. The second-order valence-corrected chi connectivity index (χ2v) is 5.08. The van der Waals surface area contributed by atoms with Gasteiger partial charge in [0.2, 0.25) is 0 Å². The van der Waals surface area contributed by atoms with Gasteiger partial charge in [-0.15, -0.1) is 0 Å². The molecule has 0 saturated heterocycles. The van der Waals surface area contributed by atoms with Crippen molar-refractivity contribution in [1.82, 2.24) is 15.0 Å². The molecule has 0 radical (unpaired) electrons. The second-order valence-electron chi connectivity index (χ2n) is 4.04. The van der Waals surface area contributed by atoms with Gasteiger partial charge in [0.15, 0.2) is 5.16 Å². The van der Waals surface area contributed by atoms with Crippen LogP contribution in [0.25, 0.3) is 0 Å². The molecule has 1 atom stereocenters. The molecule has 0 aliphatic rings. The molecule has 0 fully saturated rings. The summed E-state index contributed by atoms with van der Waals surface area (Å²) in [6.07, 6.45) is 2.60. The molecule has 0 aliphatic heterocycles. The van der Waals surface area contributed by atoms with Crippen molar-refractivity contribution >= 4 is 23.4 Å². The molecule has 0 unspecified atom stereocenters. The van der Waals surface area contributed by atoms with Gasteiger partial charge in [-0.1, -0.05) is 6.92 Å². The maximum Gasteiger partial charge on any atom is 0.196 e. The van der Waals surface area contributed by atoms with E-state index < -0.39 is 0 Å². The molecule has 0 amide bonds. The van der Waals surface area contributed by atoms with Crippen molar-refractivity contribution < 1.29 is 0 Å². The van der Waals surface area contributed by atoms with E-state index in [9.17, 15) is 0 Å². The standard InChI is InChI=1S/C12H16N6S/c1-2-8(13)9-4-3-7(6-16-9)19-12-17-10(14)5-11(15)18-12/h3-6,8H,2,13H2,1H3,(H4,14,15,17,18)/t8-/m0/s1. The maximum atomic E-state index is 5.91. The van der Waals surface area contributed by atoms with Crippen LogP contribution in [0.2, 0.25) is 0 Å². The third kappa shape index (κ3) is 3.55. The van der Waals surface area contributed by atoms with Crippen LogP contribution in [-0.2, 0) is 0 Å². The van der Waals surface area contributed by atoms with E-state index in [4.69, 9.17) is 17.2 Å². The van der Waals surface area contributed by atoms with Crippen LogP contribution in [0.3, 0.4) is 0 Å². The molecular formula is C12H16N6S. The Hall–Kier alpha value is -1.86. The lowest BCUT2D eigenvalue weighted by Crippen LogP contribution is -2.10. The number of hydrogen-bond acceptors (Lipinski definition) is 7. The number of nitrogens with two attached hydrogens (primary N) is 3. The lowest BCUT2D eigenvalue weighted by molar-refractivity contribution is 0.674. The van der Waals surface area contributed by atoms with E-state index in [1.54, 1.807) is 6.20 Å². The Labute approximate surface area is 115 Å². The summed E-state index contributed by atoms with van der Waals surface area (Å²) in [7, 11) is 0. The first-order valence-corrected chi connectivity index (χ1v) is 6.69. The van der Waals surface area contributed by atoms with Gasteiger partial charge in [0.25, 0.3) is 0 Å². The Balaban J connectivity index is 2.15. The van der Waals surface area contributed by atoms with E-state index in [0.29, 0.717) is 16.8 Å². The van der Waals surface area contributed by atoms with E-state index in [1.807, 2.05) is 19.1 Å². The molecule has 0 aromatic carbocycles. The van der Waals surface area contributed by atoms with Crippen LogP contribution in [0, 0.1) is 0 Å². The first kappa shape index (κ1) is 13.6. The minimum Gasteiger partial charge on any atom is -0.383 e. The number of anilines is 2. The summed E-state index contributed by atoms with van der Waals surface area (Å²) in [6.45, 7) is 2.03. The highest BCUT2D eigenvalue weighted by Crippen LogP contribution is 2.26. The van der Waals surface area contributed by atoms with E-state index in [-0.39, 0.29) is 6.04 Å². The zero-order valence-electron chi connectivity index (χ0n) is 10.6. The SMILES string of the molecule is CC[C@H](N)c1ccc(Sc2nc(N)cc(N)n2)cn1. The monoisotopic (exact) mass is 276 g/mol. The number of rotatable bonds is 4. The average molecular weight is 276 g/mol. The molecule has 6 nitrogen and oxygen atoms in total. The minimum atomic E-state index is -0.0293. The van der Waals surface area contributed by atoms with E-state index in [2.05, 4.69) is 15.0 Å². The van der Waals surface area contributed by atoms with Gasteiger partial charge >= 0.3 is 0 Å². The van der Waals surface area contributed by atoms with Crippen molar-refractivity contribution in [3.63, 3.8) is 0 Å². The molecule has 0 bridgehead atoms. The fourth-order valence-corrected chi connectivity index (χ4v) is 2.25. The van der Waals surface area contributed by atoms with Gasteiger partial charge in [0.1, 0.15) is 11.6 Å². The fourth-order valence-electron chi connectivity index (χ4n) is 1.49. The molecule has 7 heteroatoms. The molecule has 6 N–H and O–H groups in total. The predicted molar refractivity (Wildman–Crippen MR) is 76.4 cm³/mol. The maximum absolute atomic E-state index is 5.91. The minimum absolute atomic E-state index is 0.0293. The van der Waals surface area contributed by atoms with Crippen LogP contribution in [-0.4, -0.2) is 15.0 Å². The Kier molecular flexibility index (Phi) is 4.18. The highest BCUT2D eigenvalue weighted by Gasteiger charge is 2.07. The fraction of sp³-hybridized carbons (Fsp3) is 0.250. The van der Waals surface area contributed by atoms with Crippen molar-refractivity contribution in [3.8, 4) is 0 Å². The van der Waals surface area contributed by atoms with E-state index >= 15 is 0 Å². The van der Waals surface area contributed by atoms with Gasteiger partial charge < -0.3 is 17.2 Å². The summed E-state index contributed by atoms with van der Waals surface area (Å²) in [5, 5.41) is 0.506. The molecule has 19 heavy (non-hydrogen) atoms. The van der Waals surface area contributed by atoms with E-state index in [1.165, 1.54) is 17.8 Å². The molecule has 2 aromatic rings. The zero-order chi connectivity index (χ0) is 13.8. The Morgan fingerprint density at radius 3 is 2.42 bits per heavy atom. The van der Waals surface area contributed by atoms with Crippen LogP contribution in [0.1, 0.15) is 25.1 Å². The third-order valence-electron chi connectivity index (χ3n) is 2.53. The van der Waals surface area contributed by atoms with Crippen molar-refractivity contribution in [1.29, 1.82) is 0 Å². The molecule has 100 valence electrons. The van der Waals surface area contributed by atoms with Crippen molar-refractivity contribution in [2.75, 3.05) is 11.5 Å². The first-order chi connectivity index (χ1) is 9.08. The van der Waals surface area contributed by atoms with Gasteiger partial charge in [-0.3, -0.25) is 4.98 Å². The summed E-state index contributed by atoms with van der Waals surface area (Å²) in [6, 6.07) is 5.33. The number of nitrogens with zero attached hydrogens (tertiary/aromatic N) is 3.